The summed E-state index contributed by atoms with van der Waals surface area (Å²) in [6.07, 6.45) is 24.2. The van der Waals surface area contributed by atoms with Gasteiger partial charge in [-0.15, -0.1) is 11.8 Å². The van der Waals surface area contributed by atoms with Crippen molar-refractivity contribution in [1.29, 1.82) is 0 Å². The molecule has 1 heterocycles. The number of benzene rings is 1. The van der Waals surface area contributed by atoms with E-state index in [1.165, 1.54) is 100 Å². The van der Waals surface area contributed by atoms with Gasteiger partial charge in [0.25, 0.3) is 0 Å². The van der Waals surface area contributed by atoms with Gasteiger partial charge < -0.3 is 0 Å². The predicted octanol–water partition coefficient (Wildman–Crippen LogP) is 9.67. The monoisotopic (exact) mass is 454 g/mol. The van der Waals surface area contributed by atoms with Crippen LogP contribution in [0.5, 0.6) is 0 Å². The molecule has 2 rings (SSSR count). The van der Waals surface area contributed by atoms with Crippen molar-refractivity contribution in [2.75, 3.05) is 0 Å². The highest BCUT2D eigenvalue weighted by atomic mass is 32.2. The second-order valence-corrected chi connectivity index (χ2v) is 10.8. The summed E-state index contributed by atoms with van der Waals surface area (Å²) in [5.74, 6) is 0.838. The number of rotatable bonds is 18. The highest BCUT2D eigenvalue weighted by Gasteiger charge is 2.06. The number of thioether (sulfide) groups is 1. The van der Waals surface area contributed by atoms with Crippen molar-refractivity contribution in [3.05, 3.63) is 42.2 Å². The van der Waals surface area contributed by atoms with E-state index in [2.05, 4.69) is 55.0 Å². The van der Waals surface area contributed by atoms with E-state index in [1.54, 1.807) is 0 Å². The number of hydrogen-bond acceptors (Lipinski definition) is 3. The van der Waals surface area contributed by atoms with Gasteiger partial charge >= 0.3 is 0 Å². The van der Waals surface area contributed by atoms with Crippen LogP contribution in [-0.2, 0) is 6.42 Å². The zero-order valence-corrected chi connectivity index (χ0v) is 21.8. The Labute approximate surface area is 202 Å². The van der Waals surface area contributed by atoms with E-state index in [4.69, 9.17) is 0 Å². The summed E-state index contributed by atoms with van der Waals surface area (Å²) in [7, 11) is 0. The lowest BCUT2D eigenvalue weighted by molar-refractivity contribution is 0.564. The summed E-state index contributed by atoms with van der Waals surface area (Å²) < 4.78 is 0. The SMILES string of the molecule is CCCCCCCCCCCc1cnc(-c2ccc(SC(C)CCCCCC)cc2)nc1. The van der Waals surface area contributed by atoms with Crippen molar-refractivity contribution in [2.24, 2.45) is 0 Å². The first-order chi connectivity index (χ1) is 15.7. The molecule has 0 fully saturated rings. The summed E-state index contributed by atoms with van der Waals surface area (Å²) in [5.41, 5.74) is 2.38. The molecule has 2 nitrogen and oxygen atoms in total. The predicted molar refractivity (Wildman–Crippen MR) is 142 cm³/mol. The minimum absolute atomic E-state index is 0.675. The normalized spacial score (nSPS) is 12.2. The Morgan fingerprint density at radius 1 is 0.688 bits per heavy atom. The minimum atomic E-state index is 0.675. The van der Waals surface area contributed by atoms with Crippen LogP contribution >= 0.6 is 11.8 Å². The Balaban J connectivity index is 1.66. The Morgan fingerprint density at radius 3 is 1.81 bits per heavy atom. The molecule has 0 N–H and O–H groups in total. The quantitative estimate of drug-likeness (QED) is 0.165. The van der Waals surface area contributed by atoms with Crippen LogP contribution in [0.4, 0.5) is 0 Å². The maximum atomic E-state index is 4.64. The van der Waals surface area contributed by atoms with Crippen LogP contribution in [-0.4, -0.2) is 15.2 Å². The van der Waals surface area contributed by atoms with Gasteiger partial charge in [-0.3, -0.25) is 0 Å². The average molecular weight is 455 g/mol. The van der Waals surface area contributed by atoms with Gasteiger partial charge in [0.15, 0.2) is 5.82 Å². The lowest BCUT2D eigenvalue weighted by atomic mass is 10.1. The largest absolute Gasteiger partial charge is 0.236 e. The van der Waals surface area contributed by atoms with Gasteiger partial charge in [0, 0.05) is 28.1 Å². The Kier molecular flexibility index (Phi) is 14.4. The number of hydrogen-bond donors (Lipinski definition) is 0. The second kappa shape index (κ2) is 17.2. The first-order valence-corrected chi connectivity index (χ1v) is 14.2. The van der Waals surface area contributed by atoms with Crippen LogP contribution in [0.2, 0.25) is 0 Å². The molecule has 2 aromatic rings. The fourth-order valence-corrected chi connectivity index (χ4v) is 5.15. The van der Waals surface area contributed by atoms with Crippen molar-refractivity contribution in [2.45, 2.75) is 127 Å². The fourth-order valence-electron chi connectivity index (χ4n) is 4.11. The molecule has 0 spiro atoms. The van der Waals surface area contributed by atoms with Crippen molar-refractivity contribution in [3.8, 4) is 11.4 Å². The van der Waals surface area contributed by atoms with Gasteiger partial charge in [-0.1, -0.05) is 110 Å². The van der Waals surface area contributed by atoms with Crippen molar-refractivity contribution in [3.63, 3.8) is 0 Å². The molecule has 0 aliphatic heterocycles. The topological polar surface area (TPSA) is 25.8 Å². The zero-order valence-electron chi connectivity index (χ0n) is 21.0. The molecule has 1 aromatic heterocycles. The Morgan fingerprint density at radius 2 is 1.22 bits per heavy atom. The summed E-state index contributed by atoms with van der Waals surface area (Å²) >= 11 is 1.99. The molecule has 178 valence electrons. The molecule has 0 saturated carbocycles. The molecule has 0 aliphatic carbocycles. The summed E-state index contributed by atoms with van der Waals surface area (Å²) in [5, 5.41) is 0.675. The third kappa shape index (κ3) is 11.5. The number of unbranched alkanes of at least 4 members (excludes halogenated alkanes) is 11. The number of aromatic nitrogens is 2. The Hall–Kier alpha value is -1.35. The molecule has 32 heavy (non-hydrogen) atoms. The lowest BCUT2D eigenvalue weighted by Gasteiger charge is -2.11. The van der Waals surface area contributed by atoms with Gasteiger partial charge in [-0.25, -0.2) is 9.97 Å². The summed E-state index contributed by atoms with van der Waals surface area (Å²) in [6, 6.07) is 8.79. The van der Waals surface area contributed by atoms with E-state index < -0.39 is 0 Å². The van der Waals surface area contributed by atoms with Gasteiger partial charge in [0.05, 0.1) is 0 Å². The molecule has 1 atom stereocenters. The molecule has 0 amide bonds. The smallest absolute Gasteiger partial charge is 0.159 e. The molecular formula is C29H46N2S. The van der Waals surface area contributed by atoms with E-state index >= 15 is 0 Å². The van der Waals surface area contributed by atoms with Gasteiger partial charge in [0.2, 0.25) is 0 Å². The third-order valence-electron chi connectivity index (χ3n) is 6.19. The van der Waals surface area contributed by atoms with E-state index in [0.717, 1.165) is 17.8 Å². The summed E-state index contributed by atoms with van der Waals surface area (Å²) in [6.45, 7) is 6.90. The molecule has 0 aliphatic rings. The minimum Gasteiger partial charge on any atom is -0.236 e. The van der Waals surface area contributed by atoms with Crippen LogP contribution in [0.1, 0.15) is 116 Å². The summed E-state index contributed by atoms with van der Waals surface area (Å²) in [4.78, 5) is 10.6. The molecule has 1 aromatic carbocycles. The van der Waals surface area contributed by atoms with Crippen LogP contribution in [0.3, 0.4) is 0 Å². The van der Waals surface area contributed by atoms with Gasteiger partial charge in [-0.2, -0.15) is 0 Å². The maximum absolute atomic E-state index is 4.64. The van der Waals surface area contributed by atoms with Crippen molar-refractivity contribution < 1.29 is 0 Å². The van der Waals surface area contributed by atoms with Crippen LogP contribution in [0, 0.1) is 0 Å². The van der Waals surface area contributed by atoms with E-state index in [-0.39, 0.29) is 0 Å². The molecular weight excluding hydrogens is 408 g/mol. The number of aryl methyl sites for hydroxylation is 1. The average Bonchev–Trinajstić information content (AvgIpc) is 2.82. The standard InChI is InChI=1S/C29H46N2S/c1-4-6-8-10-11-12-13-14-16-18-26-23-30-29(31-24-26)27-19-21-28(22-20-27)32-25(3)17-15-9-7-5-2/h19-25H,4-18H2,1-3H3. The third-order valence-corrected chi connectivity index (χ3v) is 7.37. The highest BCUT2D eigenvalue weighted by molar-refractivity contribution is 7.99. The molecule has 0 radical (unpaired) electrons. The van der Waals surface area contributed by atoms with Crippen molar-refractivity contribution in [1.82, 2.24) is 9.97 Å². The van der Waals surface area contributed by atoms with E-state index in [9.17, 15) is 0 Å². The van der Waals surface area contributed by atoms with Crippen LogP contribution in [0.25, 0.3) is 11.4 Å². The molecule has 3 heteroatoms. The zero-order chi connectivity index (χ0) is 22.9. The fraction of sp³-hybridized carbons (Fsp3) is 0.655. The van der Waals surface area contributed by atoms with E-state index in [0.29, 0.717) is 5.25 Å². The molecule has 1 unspecified atom stereocenters. The first kappa shape index (κ1) is 26.9. The van der Waals surface area contributed by atoms with Crippen LogP contribution in [0.15, 0.2) is 41.6 Å². The van der Waals surface area contributed by atoms with Gasteiger partial charge in [-0.05, 0) is 37.0 Å². The van der Waals surface area contributed by atoms with Gasteiger partial charge in [0.1, 0.15) is 0 Å². The first-order valence-electron chi connectivity index (χ1n) is 13.3. The molecule has 0 bridgehead atoms. The Bertz CT molecular complexity index is 696. The van der Waals surface area contributed by atoms with Crippen molar-refractivity contribution >= 4 is 11.8 Å². The maximum Gasteiger partial charge on any atom is 0.159 e. The lowest BCUT2D eigenvalue weighted by Crippen LogP contribution is -1.96. The second-order valence-electron chi connectivity index (χ2n) is 9.30. The highest BCUT2D eigenvalue weighted by Crippen LogP contribution is 2.28. The number of nitrogens with zero attached hydrogens (tertiary/aromatic N) is 2. The molecule has 0 saturated heterocycles. The van der Waals surface area contributed by atoms with Crippen LogP contribution < -0.4 is 0 Å². The van der Waals surface area contributed by atoms with E-state index in [1.807, 2.05) is 24.2 Å².